The Hall–Kier alpha value is -4.07. The Morgan fingerprint density at radius 3 is 2.29 bits per heavy atom. The number of hydrogen-bond donors (Lipinski definition) is 1. The fourth-order valence-electron chi connectivity index (χ4n) is 6.59. The van der Waals surface area contributed by atoms with E-state index in [1.54, 1.807) is 30.3 Å². The quantitative estimate of drug-likeness (QED) is 0.165. The average molecular weight is 820 g/mol. The number of nitrogens with zero attached hydrogens (tertiary/aromatic N) is 5. The first-order valence-corrected chi connectivity index (χ1v) is 22.6. The molecule has 0 bridgehead atoms. The molecule has 0 unspecified atom stereocenters. The highest BCUT2D eigenvalue weighted by Crippen LogP contribution is 2.42. The molecule has 2 aromatic carbocycles. The maximum absolute atomic E-state index is 13.6. The Morgan fingerprint density at radius 2 is 1.62 bits per heavy atom. The number of aromatic nitrogens is 3. The molecule has 1 saturated heterocycles. The minimum atomic E-state index is -1.83. The summed E-state index contributed by atoms with van der Waals surface area (Å²) in [5.41, 5.74) is 5.93. The summed E-state index contributed by atoms with van der Waals surface area (Å²) in [7, 11) is -0.242. The van der Waals surface area contributed by atoms with Crippen molar-refractivity contribution in [3.8, 4) is 28.3 Å². The Balaban J connectivity index is 1.16. The number of nitrogens with one attached hydrogen (secondary N) is 1. The van der Waals surface area contributed by atoms with Gasteiger partial charge in [0.1, 0.15) is 17.0 Å². The molecule has 298 valence electrons. The molecule has 1 fully saturated rings. The van der Waals surface area contributed by atoms with Crippen LogP contribution in [0.15, 0.2) is 48.7 Å². The first-order valence-electron chi connectivity index (χ1n) is 18.9. The van der Waals surface area contributed by atoms with E-state index in [-0.39, 0.29) is 22.9 Å². The zero-order valence-corrected chi connectivity index (χ0v) is 36.5. The molecule has 6 rings (SSSR count). The number of likely N-dealkylation sites (tertiary alicyclic amines) is 1. The van der Waals surface area contributed by atoms with Gasteiger partial charge >= 0.3 is 6.09 Å². The molecular formula is C42H52Cl2N6O5Si. The molecule has 0 spiro atoms. The van der Waals surface area contributed by atoms with Crippen LogP contribution in [-0.2, 0) is 28.7 Å². The molecule has 11 nitrogen and oxygen atoms in total. The van der Waals surface area contributed by atoms with Gasteiger partial charge in [-0.25, -0.2) is 14.8 Å². The van der Waals surface area contributed by atoms with E-state index in [9.17, 15) is 9.59 Å². The van der Waals surface area contributed by atoms with Crippen LogP contribution in [0.2, 0.25) is 28.2 Å². The van der Waals surface area contributed by atoms with Gasteiger partial charge in [0.25, 0.3) is 5.91 Å². The summed E-state index contributed by atoms with van der Waals surface area (Å²) in [4.78, 5) is 44.5. The Labute approximate surface area is 341 Å². The van der Waals surface area contributed by atoms with Gasteiger partial charge in [-0.1, -0.05) is 74.3 Å². The lowest BCUT2D eigenvalue weighted by Crippen LogP contribution is -2.57. The van der Waals surface area contributed by atoms with Crippen molar-refractivity contribution < 1.29 is 23.5 Å². The number of aryl methyl sites for hydroxylation is 1. The predicted molar refractivity (Wildman–Crippen MR) is 224 cm³/mol. The lowest BCUT2D eigenvalue weighted by atomic mass is 9.99. The van der Waals surface area contributed by atoms with Crippen molar-refractivity contribution >= 4 is 49.2 Å². The van der Waals surface area contributed by atoms with Crippen molar-refractivity contribution in [3.05, 3.63) is 86.9 Å². The van der Waals surface area contributed by atoms with E-state index in [1.165, 1.54) is 0 Å². The summed E-state index contributed by atoms with van der Waals surface area (Å²) < 4.78 is 17.8. The molecule has 0 radical (unpaired) electrons. The van der Waals surface area contributed by atoms with E-state index < -0.39 is 19.8 Å². The number of fused-ring (bicyclic) bond motifs is 1. The lowest BCUT2D eigenvalue weighted by Gasteiger charge is -2.46. The number of ether oxygens (including phenoxy) is 2. The van der Waals surface area contributed by atoms with Crippen LogP contribution in [0, 0.1) is 6.92 Å². The summed E-state index contributed by atoms with van der Waals surface area (Å²) >= 11 is 14.1. The number of rotatable bonds is 9. The maximum atomic E-state index is 13.6. The molecule has 2 aromatic heterocycles. The van der Waals surface area contributed by atoms with Crippen molar-refractivity contribution in [1.82, 2.24) is 24.8 Å². The van der Waals surface area contributed by atoms with Crippen LogP contribution in [0.4, 0.5) is 10.5 Å². The normalized spacial score (nSPS) is 15.2. The molecule has 56 heavy (non-hydrogen) atoms. The predicted octanol–water partition coefficient (Wildman–Crippen LogP) is 9.58. The molecular weight excluding hydrogens is 767 g/mol. The Morgan fingerprint density at radius 1 is 0.964 bits per heavy atom. The van der Waals surface area contributed by atoms with Crippen molar-refractivity contribution in [2.24, 2.45) is 0 Å². The number of halogens is 2. The standard InChI is InChI=1S/C42H52Cl2N6O5Si/c1-25-19-33(46-31-17-18-50(23-30(25)31)40(52)54-41(2,3)4)38(51)47-32-16-12-14-28(37(32)44)27-13-11-15-29(36(27)43)34-20-45-35(39(48-34)53-8)24-49-21-26(22-49)55-56(9,10)42(5,6)7/h11-16,19-20,26H,17-18,21-24H2,1-10H3,(H,47,51). The van der Waals surface area contributed by atoms with E-state index in [0.717, 1.165) is 35.6 Å². The van der Waals surface area contributed by atoms with E-state index in [1.807, 2.05) is 58.0 Å². The van der Waals surface area contributed by atoms with E-state index in [4.69, 9.17) is 52.1 Å². The van der Waals surface area contributed by atoms with Gasteiger partial charge in [-0.05, 0) is 69.1 Å². The summed E-state index contributed by atoms with van der Waals surface area (Å²) in [6.45, 7) is 21.9. The summed E-state index contributed by atoms with van der Waals surface area (Å²) in [6.07, 6.45) is 2.08. The van der Waals surface area contributed by atoms with Crippen molar-refractivity contribution in [3.63, 3.8) is 0 Å². The van der Waals surface area contributed by atoms with E-state index >= 15 is 0 Å². The monoisotopic (exact) mass is 818 g/mol. The summed E-state index contributed by atoms with van der Waals surface area (Å²) in [5, 5.41) is 3.87. The zero-order valence-electron chi connectivity index (χ0n) is 34.0. The molecule has 4 aromatic rings. The molecule has 2 aliphatic rings. The molecule has 14 heteroatoms. The van der Waals surface area contributed by atoms with Gasteiger partial charge in [0.05, 0.1) is 47.4 Å². The van der Waals surface area contributed by atoms with Crippen LogP contribution in [0.3, 0.4) is 0 Å². The number of anilines is 1. The third-order valence-corrected chi connectivity index (χ3v) is 16.0. The fraction of sp³-hybridized carbons (Fsp3) is 0.452. The number of methoxy groups -OCH3 is 1. The minimum Gasteiger partial charge on any atom is -0.480 e. The SMILES string of the molecule is COc1nc(-c2cccc(-c3cccc(NC(=O)c4cc(C)c5c(n4)CCN(C(=O)OC(C)(C)C)C5)c3Cl)c2Cl)cnc1CN1CC(O[Si](C)(C)C(C)(C)C)C1. The highest BCUT2D eigenvalue weighted by molar-refractivity contribution is 6.74. The van der Waals surface area contributed by atoms with Crippen LogP contribution in [0.25, 0.3) is 22.4 Å². The van der Waals surface area contributed by atoms with Gasteiger partial charge in [0.15, 0.2) is 8.32 Å². The first kappa shape index (κ1) is 41.6. The molecule has 4 heterocycles. The van der Waals surface area contributed by atoms with E-state index in [2.05, 4.69) is 44.1 Å². The van der Waals surface area contributed by atoms with Crippen molar-refractivity contribution in [2.75, 3.05) is 32.1 Å². The van der Waals surface area contributed by atoms with Gasteiger partial charge in [-0.15, -0.1) is 0 Å². The smallest absolute Gasteiger partial charge is 0.410 e. The molecule has 0 aliphatic carbocycles. The topological polar surface area (TPSA) is 119 Å². The van der Waals surface area contributed by atoms with Crippen LogP contribution < -0.4 is 10.1 Å². The molecule has 2 amide bonds. The van der Waals surface area contributed by atoms with Gasteiger partial charge in [0, 0.05) is 55.0 Å². The largest absolute Gasteiger partial charge is 0.480 e. The Kier molecular flexibility index (Phi) is 11.9. The number of hydrogen-bond acceptors (Lipinski definition) is 9. The fourth-order valence-corrected chi connectivity index (χ4v) is 8.52. The van der Waals surface area contributed by atoms with Crippen LogP contribution in [-0.4, -0.2) is 83.5 Å². The number of carbonyl (C=O) groups excluding carboxylic acids is 2. The van der Waals surface area contributed by atoms with Gasteiger partial charge in [-0.3, -0.25) is 14.7 Å². The third-order valence-electron chi connectivity index (χ3n) is 10.7. The number of carbonyl (C=O) groups is 2. The number of benzene rings is 2. The van der Waals surface area contributed by atoms with Crippen LogP contribution >= 0.6 is 23.2 Å². The summed E-state index contributed by atoms with van der Waals surface area (Å²) in [6, 6.07) is 12.8. The van der Waals surface area contributed by atoms with E-state index in [0.29, 0.717) is 70.1 Å². The second-order valence-corrected chi connectivity index (χ2v) is 22.6. The third kappa shape index (κ3) is 9.05. The summed E-state index contributed by atoms with van der Waals surface area (Å²) in [5.74, 6) is 0.0376. The number of amides is 2. The van der Waals surface area contributed by atoms with Crippen molar-refractivity contribution in [1.29, 1.82) is 0 Å². The van der Waals surface area contributed by atoms with Crippen LogP contribution in [0.1, 0.15) is 74.5 Å². The zero-order chi connectivity index (χ0) is 40.7. The lowest BCUT2D eigenvalue weighted by molar-refractivity contribution is 0.00440. The highest BCUT2D eigenvalue weighted by Gasteiger charge is 2.42. The average Bonchev–Trinajstić information content (AvgIpc) is 3.10. The van der Waals surface area contributed by atoms with Crippen molar-refractivity contribution in [2.45, 2.75) is 97.8 Å². The maximum Gasteiger partial charge on any atom is 0.410 e. The molecule has 1 N–H and O–H groups in total. The molecule has 0 saturated carbocycles. The van der Waals surface area contributed by atoms with Gasteiger partial charge in [0.2, 0.25) is 5.88 Å². The number of pyridine rings is 1. The minimum absolute atomic E-state index is 0.165. The van der Waals surface area contributed by atoms with Gasteiger partial charge in [-0.2, -0.15) is 0 Å². The first-order chi connectivity index (χ1) is 26.2. The Bertz CT molecular complexity index is 2150. The highest BCUT2D eigenvalue weighted by atomic mass is 35.5. The molecule has 2 aliphatic heterocycles. The van der Waals surface area contributed by atoms with Crippen LogP contribution in [0.5, 0.6) is 5.88 Å². The van der Waals surface area contributed by atoms with Gasteiger partial charge < -0.3 is 24.1 Å². The second-order valence-electron chi connectivity index (χ2n) is 17.1. The molecule has 0 atom stereocenters. The second kappa shape index (κ2) is 16.1.